The van der Waals surface area contributed by atoms with Crippen molar-refractivity contribution in [2.24, 2.45) is 11.8 Å². The fraction of sp³-hybridized carbons (Fsp3) is 0.857. The lowest BCUT2D eigenvalue weighted by Gasteiger charge is -2.32. The van der Waals surface area contributed by atoms with Crippen molar-refractivity contribution in [2.45, 2.75) is 64.2 Å². The zero-order chi connectivity index (χ0) is 14.8. The monoisotopic (exact) mass is 288 g/mol. The third kappa shape index (κ3) is 7.21. The van der Waals surface area contributed by atoms with Gasteiger partial charge in [0.25, 0.3) is 0 Å². The maximum absolute atomic E-state index is 9.29. The second-order valence-corrected chi connectivity index (χ2v) is 5.49. The molecule has 2 aliphatic rings. The second-order valence-electron chi connectivity index (χ2n) is 5.49. The Balaban J connectivity index is 0.000000221. The van der Waals surface area contributed by atoms with Crippen molar-refractivity contribution >= 4 is 12.3 Å². The zero-order valence-corrected chi connectivity index (χ0v) is 11.8. The Morgan fingerprint density at radius 1 is 0.650 bits per heavy atom. The molecule has 20 heavy (non-hydrogen) atoms. The topological polar surface area (TPSA) is 93.1 Å². The predicted molar refractivity (Wildman–Crippen MR) is 71.4 cm³/mol. The molecule has 0 aromatic heterocycles. The highest BCUT2D eigenvalue weighted by Crippen LogP contribution is 2.37. The van der Waals surface area contributed by atoms with Gasteiger partial charge in [-0.1, -0.05) is 64.2 Å². The SMILES string of the molecule is C1CCC(C2CCCCC2)CC1.O=C(O)OOC(=O)O. The minimum atomic E-state index is -1.80. The van der Waals surface area contributed by atoms with E-state index in [1.807, 2.05) is 0 Å². The summed E-state index contributed by atoms with van der Waals surface area (Å²) in [5.41, 5.74) is 0. The zero-order valence-electron chi connectivity index (χ0n) is 11.8. The maximum Gasteiger partial charge on any atom is 0.547 e. The molecule has 0 unspecified atom stereocenters. The Kier molecular flexibility index (Phi) is 7.84. The van der Waals surface area contributed by atoms with Crippen LogP contribution >= 0.6 is 0 Å². The number of rotatable bonds is 1. The highest BCUT2D eigenvalue weighted by Gasteiger charge is 2.24. The standard InChI is InChI=1S/C12H22.C2H2O6/c1-3-7-11(8-4-1)12-9-5-2-6-10-12;3-1(4)7-8-2(5)6/h11-12H,1-10H2;(H,3,4)(H,5,6). The minimum absolute atomic E-state index is 1.14. The summed E-state index contributed by atoms with van der Waals surface area (Å²) in [6, 6.07) is 0. The molecule has 2 saturated carbocycles. The molecule has 6 nitrogen and oxygen atoms in total. The predicted octanol–water partition coefficient (Wildman–Crippen LogP) is 4.44. The fourth-order valence-electron chi connectivity index (χ4n) is 3.28. The van der Waals surface area contributed by atoms with Gasteiger partial charge < -0.3 is 10.2 Å². The van der Waals surface area contributed by atoms with Gasteiger partial charge in [-0.05, 0) is 11.8 Å². The van der Waals surface area contributed by atoms with E-state index in [0.29, 0.717) is 0 Å². The van der Waals surface area contributed by atoms with Gasteiger partial charge in [0, 0.05) is 0 Å². The lowest BCUT2D eigenvalue weighted by molar-refractivity contribution is -0.208. The molecule has 2 aliphatic carbocycles. The molecule has 0 aliphatic heterocycles. The van der Waals surface area contributed by atoms with Crippen molar-refractivity contribution in [3.05, 3.63) is 0 Å². The van der Waals surface area contributed by atoms with Crippen LogP contribution in [-0.2, 0) is 9.78 Å². The average molecular weight is 288 g/mol. The fourth-order valence-corrected chi connectivity index (χ4v) is 3.28. The summed E-state index contributed by atoms with van der Waals surface area (Å²) in [7, 11) is 0. The van der Waals surface area contributed by atoms with E-state index in [1.165, 1.54) is 38.5 Å². The normalized spacial score (nSPS) is 20.4. The average Bonchev–Trinajstić information content (AvgIpc) is 2.48. The Morgan fingerprint density at radius 3 is 1.20 bits per heavy atom. The lowest BCUT2D eigenvalue weighted by Crippen LogP contribution is -2.20. The molecular formula is C14H24O6. The third-order valence-corrected chi connectivity index (χ3v) is 4.15. The van der Waals surface area contributed by atoms with Gasteiger partial charge in [0.2, 0.25) is 0 Å². The van der Waals surface area contributed by atoms with Crippen molar-refractivity contribution in [1.29, 1.82) is 0 Å². The van der Waals surface area contributed by atoms with E-state index in [1.54, 1.807) is 25.7 Å². The van der Waals surface area contributed by atoms with Gasteiger partial charge in [-0.3, -0.25) is 0 Å². The van der Waals surface area contributed by atoms with Crippen LogP contribution in [0.5, 0.6) is 0 Å². The van der Waals surface area contributed by atoms with Crippen LogP contribution in [0.1, 0.15) is 64.2 Å². The summed E-state index contributed by atoms with van der Waals surface area (Å²) < 4.78 is 0. The van der Waals surface area contributed by atoms with Gasteiger partial charge in [-0.25, -0.2) is 19.4 Å². The molecule has 0 aromatic carbocycles. The van der Waals surface area contributed by atoms with Gasteiger partial charge in [0.1, 0.15) is 0 Å². The van der Waals surface area contributed by atoms with Crippen LogP contribution in [0.2, 0.25) is 0 Å². The van der Waals surface area contributed by atoms with E-state index in [4.69, 9.17) is 10.2 Å². The first kappa shape index (κ1) is 16.6. The molecule has 0 bridgehead atoms. The van der Waals surface area contributed by atoms with Crippen molar-refractivity contribution in [1.82, 2.24) is 0 Å². The summed E-state index contributed by atoms with van der Waals surface area (Å²) in [6.45, 7) is 0. The summed E-state index contributed by atoms with van der Waals surface area (Å²) in [5.74, 6) is 2.28. The molecule has 0 spiro atoms. The summed E-state index contributed by atoms with van der Waals surface area (Å²) in [5, 5.41) is 15.1. The van der Waals surface area contributed by atoms with Gasteiger partial charge in [-0.15, -0.1) is 0 Å². The Bertz CT molecular complexity index is 262. The van der Waals surface area contributed by atoms with Crippen LogP contribution in [0, 0.1) is 11.8 Å². The van der Waals surface area contributed by atoms with Crippen LogP contribution in [0.4, 0.5) is 9.59 Å². The molecule has 0 aromatic rings. The van der Waals surface area contributed by atoms with Crippen LogP contribution in [-0.4, -0.2) is 22.5 Å². The number of carbonyl (C=O) groups is 2. The van der Waals surface area contributed by atoms with E-state index in [2.05, 4.69) is 9.78 Å². The minimum Gasteiger partial charge on any atom is -0.447 e. The van der Waals surface area contributed by atoms with Crippen molar-refractivity contribution in [2.75, 3.05) is 0 Å². The Hall–Kier alpha value is -1.46. The van der Waals surface area contributed by atoms with E-state index in [0.717, 1.165) is 11.8 Å². The van der Waals surface area contributed by atoms with Crippen molar-refractivity contribution in [3.8, 4) is 0 Å². The number of carboxylic acid groups (broad SMARTS) is 2. The first-order valence-electron chi connectivity index (χ1n) is 7.40. The maximum atomic E-state index is 9.29. The molecule has 0 atom stereocenters. The smallest absolute Gasteiger partial charge is 0.447 e. The molecule has 0 amide bonds. The molecule has 0 radical (unpaired) electrons. The molecule has 0 heterocycles. The van der Waals surface area contributed by atoms with Crippen molar-refractivity contribution in [3.63, 3.8) is 0 Å². The first-order valence-corrected chi connectivity index (χ1v) is 7.40. The highest BCUT2D eigenvalue weighted by atomic mass is 17.2. The lowest BCUT2D eigenvalue weighted by atomic mass is 9.73. The molecule has 2 fully saturated rings. The van der Waals surface area contributed by atoms with E-state index in [-0.39, 0.29) is 0 Å². The quantitative estimate of drug-likeness (QED) is 0.547. The van der Waals surface area contributed by atoms with Crippen LogP contribution < -0.4 is 0 Å². The number of hydrogen-bond donors (Lipinski definition) is 2. The van der Waals surface area contributed by atoms with Gasteiger partial charge in [-0.2, -0.15) is 0 Å². The van der Waals surface area contributed by atoms with E-state index < -0.39 is 12.3 Å². The van der Waals surface area contributed by atoms with Crippen LogP contribution in [0.25, 0.3) is 0 Å². The second kappa shape index (κ2) is 9.44. The largest absolute Gasteiger partial charge is 0.547 e. The van der Waals surface area contributed by atoms with Gasteiger partial charge in [0.05, 0.1) is 0 Å². The highest BCUT2D eigenvalue weighted by molar-refractivity contribution is 5.60. The van der Waals surface area contributed by atoms with Crippen LogP contribution in [0.3, 0.4) is 0 Å². The Morgan fingerprint density at radius 2 is 0.950 bits per heavy atom. The molecule has 6 heteroatoms. The summed E-state index contributed by atoms with van der Waals surface area (Å²) in [4.78, 5) is 24.8. The van der Waals surface area contributed by atoms with E-state index >= 15 is 0 Å². The molecule has 0 saturated heterocycles. The molecule has 2 rings (SSSR count). The van der Waals surface area contributed by atoms with Crippen molar-refractivity contribution < 1.29 is 29.6 Å². The number of hydrogen-bond acceptors (Lipinski definition) is 4. The summed E-state index contributed by atoms with van der Waals surface area (Å²) >= 11 is 0. The first-order chi connectivity index (χ1) is 9.59. The van der Waals surface area contributed by atoms with Gasteiger partial charge in [0.15, 0.2) is 0 Å². The van der Waals surface area contributed by atoms with E-state index in [9.17, 15) is 9.59 Å². The molecular weight excluding hydrogens is 264 g/mol. The molecule has 116 valence electrons. The molecule has 2 N–H and O–H groups in total. The third-order valence-electron chi connectivity index (χ3n) is 4.15. The van der Waals surface area contributed by atoms with Gasteiger partial charge >= 0.3 is 12.3 Å². The Labute approximate surface area is 119 Å². The summed E-state index contributed by atoms with van der Waals surface area (Å²) in [6.07, 6.45) is 11.8. The van der Waals surface area contributed by atoms with Crippen LogP contribution in [0.15, 0.2) is 0 Å².